The molecule has 1 fully saturated rings. The summed E-state index contributed by atoms with van der Waals surface area (Å²) in [5.74, 6) is -9.03. The summed E-state index contributed by atoms with van der Waals surface area (Å²) < 4.78 is 0. The van der Waals surface area contributed by atoms with E-state index in [2.05, 4.69) is 42.5 Å². The lowest BCUT2D eigenvalue weighted by Gasteiger charge is -2.31. The van der Waals surface area contributed by atoms with Gasteiger partial charge in [0.2, 0.25) is 53.2 Å². The third-order valence-corrected chi connectivity index (χ3v) is 9.90. The molecule has 1 aromatic carbocycles. The molecule has 0 radical (unpaired) electrons. The lowest BCUT2D eigenvalue weighted by atomic mass is 9.96. The lowest BCUT2D eigenvalue weighted by Crippen LogP contribution is -2.64. The summed E-state index contributed by atoms with van der Waals surface area (Å²) in [6, 6.07) is -0.734. The fraction of sp³-hybridized carbons (Fsp3) is 0.590. The van der Waals surface area contributed by atoms with E-state index in [9.17, 15) is 53.1 Å². The molecule has 2 rings (SSSR count). The van der Waals surface area contributed by atoms with E-state index < -0.39 is 121 Å². The Hall–Kier alpha value is -6.36. The summed E-state index contributed by atoms with van der Waals surface area (Å²) in [6.45, 7) is 5.78. The Labute approximate surface area is 359 Å². The number of carbonyl (C=O) groups is 10. The minimum absolute atomic E-state index is 0.0109. The van der Waals surface area contributed by atoms with Crippen LogP contribution < -0.4 is 59.7 Å². The number of nitrogens with two attached hydrogens (primary N) is 3. The van der Waals surface area contributed by atoms with Gasteiger partial charge in [-0.25, -0.2) is 0 Å². The zero-order valence-electron chi connectivity index (χ0n) is 35.7. The van der Waals surface area contributed by atoms with Crippen LogP contribution >= 0.6 is 0 Å². The highest BCUT2D eigenvalue weighted by molar-refractivity contribution is 5.98. The number of likely N-dealkylation sites (N-methyl/N-ethyl adjacent to an activating group) is 1. The molecule has 7 atom stereocenters. The molecule has 0 saturated carbocycles. The van der Waals surface area contributed by atoms with Crippen LogP contribution in [0.2, 0.25) is 0 Å². The number of nitrogens with one attached hydrogen (secondary N) is 8. The molecule has 1 saturated heterocycles. The first kappa shape index (κ1) is 51.8. The Morgan fingerprint density at radius 2 is 1.40 bits per heavy atom. The third-order valence-electron chi connectivity index (χ3n) is 9.90. The maximum Gasteiger partial charge on any atom is 0.260 e. The van der Waals surface area contributed by atoms with Crippen LogP contribution in [0, 0.1) is 11.8 Å². The van der Waals surface area contributed by atoms with Crippen molar-refractivity contribution in [3.8, 4) is 5.75 Å². The van der Waals surface area contributed by atoms with Crippen molar-refractivity contribution in [1.29, 1.82) is 0 Å². The largest absolute Gasteiger partial charge is 0.508 e. The van der Waals surface area contributed by atoms with Crippen molar-refractivity contribution < 1.29 is 53.1 Å². The smallest absolute Gasteiger partial charge is 0.260 e. The average Bonchev–Trinajstić information content (AvgIpc) is 3.20. The molecule has 0 bridgehead atoms. The maximum absolute atomic E-state index is 14.0. The van der Waals surface area contributed by atoms with Crippen LogP contribution in [0.5, 0.6) is 5.75 Å². The molecule has 62 heavy (non-hydrogen) atoms. The van der Waals surface area contributed by atoms with Gasteiger partial charge in [-0.15, -0.1) is 0 Å². The SMILES string of the molecule is CC[C@H](C)[C@@H]1NC(=O)[C@H](Cc2ccc(O)cc2)NCN[C@@H](C(=O)N(C)CC(=O)N[C@@H](CCC(C)C)C(=O)NCC(N)=O)NC(=O)[C@H](CC(N)=O)NC(=O)[C@H](CCC(N)=O)NC1=O. The zero-order chi connectivity index (χ0) is 46.7. The highest BCUT2D eigenvalue weighted by Gasteiger charge is 2.36. The summed E-state index contributed by atoms with van der Waals surface area (Å²) in [5, 5.41) is 30.5. The number of carbonyl (C=O) groups excluding carboxylic acids is 10. The van der Waals surface area contributed by atoms with E-state index in [4.69, 9.17) is 17.2 Å². The molecule has 1 heterocycles. The van der Waals surface area contributed by atoms with Gasteiger partial charge in [-0.1, -0.05) is 46.2 Å². The van der Waals surface area contributed by atoms with Gasteiger partial charge in [0, 0.05) is 20.1 Å². The number of primary amides is 3. The van der Waals surface area contributed by atoms with Crippen LogP contribution in [0.25, 0.3) is 0 Å². The van der Waals surface area contributed by atoms with Crippen molar-refractivity contribution >= 4 is 59.1 Å². The number of phenolic OH excluding ortho intramolecular Hbond substituents is 1. The summed E-state index contributed by atoms with van der Waals surface area (Å²) in [7, 11) is 1.23. The van der Waals surface area contributed by atoms with Crippen LogP contribution in [-0.4, -0.2) is 132 Å². The van der Waals surface area contributed by atoms with E-state index in [1.807, 2.05) is 13.8 Å². The highest BCUT2D eigenvalue weighted by Crippen LogP contribution is 2.14. The summed E-state index contributed by atoms with van der Waals surface area (Å²) in [4.78, 5) is 132. The van der Waals surface area contributed by atoms with E-state index in [0.717, 1.165) is 4.90 Å². The van der Waals surface area contributed by atoms with E-state index in [-0.39, 0.29) is 44.0 Å². The van der Waals surface area contributed by atoms with Crippen LogP contribution in [0.15, 0.2) is 24.3 Å². The van der Waals surface area contributed by atoms with Gasteiger partial charge in [-0.2, -0.15) is 0 Å². The Kier molecular flexibility index (Phi) is 21.2. The Bertz CT molecular complexity index is 1780. The number of hydrogen-bond acceptors (Lipinski definition) is 13. The van der Waals surface area contributed by atoms with Gasteiger partial charge in [0.1, 0.15) is 29.9 Å². The van der Waals surface area contributed by atoms with E-state index in [1.165, 1.54) is 19.2 Å². The van der Waals surface area contributed by atoms with Gasteiger partial charge < -0.3 is 59.1 Å². The van der Waals surface area contributed by atoms with Crippen LogP contribution in [0.1, 0.15) is 71.8 Å². The van der Waals surface area contributed by atoms with Crippen molar-refractivity contribution in [2.75, 3.05) is 26.8 Å². The van der Waals surface area contributed by atoms with Crippen molar-refractivity contribution in [2.24, 2.45) is 29.0 Å². The molecule has 1 aliphatic heterocycles. The van der Waals surface area contributed by atoms with Gasteiger partial charge in [-0.3, -0.25) is 58.6 Å². The first-order valence-electron chi connectivity index (χ1n) is 20.2. The molecule has 15 N–H and O–H groups in total. The quantitative estimate of drug-likeness (QED) is 0.0625. The van der Waals surface area contributed by atoms with Crippen molar-refractivity contribution in [3.05, 3.63) is 29.8 Å². The molecule has 0 aliphatic carbocycles. The number of benzene rings is 1. The summed E-state index contributed by atoms with van der Waals surface area (Å²) >= 11 is 0. The molecular weight excluding hydrogens is 813 g/mol. The number of rotatable bonds is 19. The molecule has 344 valence electrons. The predicted octanol–water partition coefficient (Wildman–Crippen LogP) is -4.48. The van der Waals surface area contributed by atoms with Gasteiger partial charge >= 0.3 is 0 Å². The number of phenols is 1. The first-order valence-corrected chi connectivity index (χ1v) is 20.2. The molecule has 1 aromatic rings. The van der Waals surface area contributed by atoms with Crippen LogP contribution in [0.4, 0.5) is 0 Å². The fourth-order valence-electron chi connectivity index (χ4n) is 6.13. The molecular formula is C39H62N12O11. The average molecular weight is 875 g/mol. The van der Waals surface area contributed by atoms with Gasteiger partial charge in [-0.05, 0) is 55.2 Å². The van der Waals surface area contributed by atoms with Crippen LogP contribution in [0.3, 0.4) is 0 Å². The van der Waals surface area contributed by atoms with Gasteiger partial charge in [0.05, 0.1) is 25.6 Å². The number of nitrogens with zero attached hydrogens (tertiary/aromatic N) is 1. The summed E-state index contributed by atoms with van der Waals surface area (Å²) in [6.07, 6.45) is -2.13. The zero-order valence-corrected chi connectivity index (χ0v) is 35.7. The van der Waals surface area contributed by atoms with E-state index >= 15 is 0 Å². The third kappa shape index (κ3) is 18.1. The van der Waals surface area contributed by atoms with E-state index in [0.29, 0.717) is 18.4 Å². The lowest BCUT2D eigenvalue weighted by molar-refractivity contribution is -0.140. The predicted molar refractivity (Wildman–Crippen MR) is 222 cm³/mol. The second-order valence-corrected chi connectivity index (χ2v) is 15.6. The number of hydrogen-bond donors (Lipinski definition) is 12. The van der Waals surface area contributed by atoms with Crippen molar-refractivity contribution in [1.82, 2.24) is 47.4 Å². The Morgan fingerprint density at radius 1 is 0.790 bits per heavy atom. The normalized spacial score (nSPS) is 21.2. The monoisotopic (exact) mass is 874 g/mol. The number of aromatic hydroxyl groups is 1. The van der Waals surface area contributed by atoms with E-state index in [1.54, 1.807) is 26.0 Å². The first-order chi connectivity index (χ1) is 29.1. The highest BCUT2D eigenvalue weighted by atomic mass is 16.3. The standard InChI is InChI=1S/C39H62N12O11/c1-6-21(4)32-38(61)47-25(13-14-28(40)53)35(58)48-27(16-29(41)54)37(60)50-33(45-19-44-26(36(59)49-32)15-22-8-10-23(52)11-9-22)39(62)51(5)18-31(56)46-24(12-7-20(2)3)34(57)43-17-30(42)55/h8-11,20-21,24-27,32-33,44-45,52H,6-7,12-19H2,1-5H3,(H2,40,53)(H2,41,54)(H2,42,55)(H,43,57)(H,46,56)(H,47,61)(H,48,58)(H,49,59)(H,50,60)/t21-,24-,25-,26-,27-,32-,33+/m0/s1. The maximum atomic E-state index is 14.0. The molecule has 0 aromatic heterocycles. The second kappa shape index (κ2) is 25.4. The fourth-order valence-corrected chi connectivity index (χ4v) is 6.13. The molecule has 23 heteroatoms. The minimum Gasteiger partial charge on any atom is -0.508 e. The molecule has 1 aliphatic rings. The molecule has 0 unspecified atom stereocenters. The Morgan fingerprint density at radius 3 is 1.98 bits per heavy atom. The molecule has 23 nitrogen and oxygen atoms in total. The second-order valence-electron chi connectivity index (χ2n) is 15.6. The van der Waals surface area contributed by atoms with Crippen molar-refractivity contribution in [3.63, 3.8) is 0 Å². The summed E-state index contributed by atoms with van der Waals surface area (Å²) in [5.41, 5.74) is 16.5. The van der Waals surface area contributed by atoms with Crippen molar-refractivity contribution in [2.45, 2.75) is 109 Å². The number of amides is 10. The molecule has 10 amide bonds. The van der Waals surface area contributed by atoms with Gasteiger partial charge in [0.25, 0.3) is 5.91 Å². The molecule has 0 spiro atoms. The topological polar surface area (TPSA) is 368 Å². The van der Waals surface area contributed by atoms with Gasteiger partial charge in [0.15, 0.2) is 6.17 Å². The minimum atomic E-state index is -1.73. The Balaban J connectivity index is 2.57. The van der Waals surface area contributed by atoms with Crippen LogP contribution in [-0.2, 0) is 54.4 Å².